The van der Waals surface area contributed by atoms with Gasteiger partial charge in [-0.15, -0.1) is 0 Å². The highest BCUT2D eigenvalue weighted by Gasteiger charge is 2.09. The number of methoxy groups -OCH3 is 1. The molecule has 5 heteroatoms. The highest BCUT2D eigenvalue weighted by Crippen LogP contribution is 2.34. The molecule has 0 aliphatic rings. The lowest BCUT2D eigenvalue weighted by atomic mass is 10.1. The summed E-state index contributed by atoms with van der Waals surface area (Å²) in [5.41, 5.74) is 2.45. The fraction of sp³-hybridized carbons (Fsp3) is 0.250. The van der Waals surface area contributed by atoms with Crippen molar-refractivity contribution in [3.63, 3.8) is 0 Å². The second-order valence-corrected chi connectivity index (χ2v) is 7.37. The lowest BCUT2D eigenvalue weighted by molar-refractivity contribution is 0.409. The van der Waals surface area contributed by atoms with Crippen LogP contribution < -0.4 is 10.1 Å². The Bertz CT molecular complexity index is 608. The molecular weight excluding hydrogens is 462 g/mol. The summed E-state index contributed by atoms with van der Waals surface area (Å²) in [6.07, 6.45) is 0. The first-order chi connectivity index (χ1) is 10.0. The van der Waals surface area contributed by atoms with Gasteiger partial charge in [0.15, 0.2) is 0 Å². The number of halogens is 3. The van der Waals surface area contributed by atoms with Gasteiger partial charge in [0, 0.05) is 17.1 Å². The van der Waals surface area contributed by atoms with Crippen molar-refractivity contribution in [3.8, 4) is 5.75 Å². The maximum Gasteiger partial charge on any atom is 0.147 e. The molecule has 112 valence electrons. The second kappa shape index (κ2) is 7.77. The van der Waals surface area contributed by atoms with Crippen molar-refractivity contribution in [1.29, 1.82) is 0 Å². The molecule has 0 saturated heterocycles. The second-order valence-electron chi connectivity index (χ2n) is 4.75. The van der Waals surface area contributed by atoms with E-state index in [1.807, 2.05) is 6.07 Å². The minimum absolute atomic E-state index is 0.280. The van der Waals surface area contributed by atoms with Gasteiger partial charge >= 0.3 is 0 Å². The molecule has 21 heavy (non-hydrogen) atoms. The van der Waals surface area contributed by atoms with E-state index < -0.39 is 0 Å². The number of hydrogen-bond donors (Lipinski definition) is 1. The Morgan fingerprint density at radius 1 is 1.10 bits per heavy atom. The molecule has 2 aromatic carbocycles. The van der Waals surface area contributed by atoms with Gasteiger partial charge in [0.1, 0.15) is 5.75 Å². The predicted molar refractivity (Wildman–Crippen MR) is 97.8 cm³/mol. The van der Waals surface area contributed by atoms with Crippen LogP contribution in [0.4, 0.5) is 0 Å². The van der Waals surface area contributed by atoms with Crippen LogP contribution in [0.15, 0.2) is 49.8 Å². The molecule has 0 aliphatic carbocycles. The number of hydrogen-bond acceptors (Lipinski definition) is 2. The minimum Gasteiger partial charge on any atom is -0.494 e. The number of nitrogens with one attached hydrogen (secondary N) is 1. The third-order valence-corrected chi connectivity index (χ3v) is 4.89. The van der Waals surface area contributed by atoms with Crippen molar-refractivity contribution in [2.24, 2.45) is 0 Å². The first kappa shape index (κ1) is 17.0. The molecule has 2 nitrogen and oxygen atoms in total. The zero-order valence-electron chi connectivity index (χ0n) is 11.8. The van der Waals surface area contributed by atoms with Crippen molar-refractivity contribution in [2.45, 2.75) is 19.5 Å². The van der Waals surface area contributed by atoms with Gasteiger partial charge in [0.25, 0.3) is 0 Å². The van der Waals surface area contributed by atoms with E-state index >= 15 is 0 Å². The van der Waals surface area contributed by atoms with Gasteiger partial charge in [-0.3, -0.25) is 0 Å². The van der Waals surface area contributed by atoms with Gasteiger partial charge in [-0.2, -0.15) is 0 Å². The summed E-state index contributed by atoms with van der Waals surface area (Å²) in [5.74, 6) is 0.818. The first-order valence-electron chi connectivity index (χ1n) is 6.52. The third-order valence-electron chi connectivity index (χ3n) is 3.22. The molecule has 0 spiro atoms. The maximum absolute atomic E-state index is 5.32. The summed E-state index contributed by atoms with van der Waals surface area (Å²) in [5, 5.41) is 3.53. The predicted octanol–water partition coefficient (Wildman–Crippen LogP) is 5.83. The normalized spacial score (nSPS) is 12.2. The van der Waals surface area contributed by atoms with E-state index in [0.717, 1.165) is 25.7 Å². The Balaban J connectivity index is 2.06. The van der Waals surface area contributed by atoms with Gasteiger partial charge in [-0.05, 0) is 74.2 Å². The molecule has 0 heterocycles. The van der Waals surface area contributed by atoms with E-state index in [9.17, 15) is 0 Å². The van der Waals surface area contributed by atoms with Crippen molar-refractivity contribution < 1.29 is 4.74 Å². The molecule has 0 amide bonds. The van der Waals surface area contributed by atoms with E-state index in [1.54, 1.807) is 7.11 Å². The minimum atomic E-state index is 0.280. The summed E-state index contributed by atoms with van der Waals surface area (Å²) in [6, 6.07) is 12.8. The van der Waals surface area contributed by atoms with Crippen molar-refractivity contribution in [1.82, 2.24) is 5.32 Å². The molecule has 1 N–H and O–H groups in total. The van der Waals surface area contributed by atoms with Crippen LogP contribution in [0.2, 0.25) is 0 Å². The van der Waals surface area contributed by atoms with Crippen LogP contribution in [0.1, 0.15) is 24.1 Å². The smallest absolute Gasteiger partial charge is 0.147 e. The van der Waals surface area contributed by atoms with Crippen LogP contribution >= 0.6 is 47.8 Å². The zero-order chi connectivity index (χ0) is 15.4. The molecule has 2 aromatic rings. The molecule has 2 rings (SSSR count). The van der Waals surface area contributed by atoms with Gasteiger partial charge in [-0.1, -0.05) is 28.1 Å². The summed E-state index contributed by atoms with van der Waals surface area (Å²) in [6.45, 7) is 2.95. The van der Waals surface area contributed by atoms with E-state index in [0.29, 0.717) is 0 Å². The Morgan fingerprint density at radius 2 is 1.76 bits per heavy atom. The average molecular weight is 478 g/mol. The largest absolute Gasteiger partial charge is 0.494 e. The van der Waals surface area contributed by atoms with Crippen molar-refractivity contribution in [2.75, 3.05) is 7.11 Å². The Labute approximate surface area is 150 Å². The van der Waals surface area contributed by atoms with Gasteiger partial charge in [-0.25, -0.2) is 0 Å². The summed E-state index contributed by atoms with van der Waals surface area (Å²) in [7, 11) is 1.66. The molecule has 0 radical (unpaired) electrons. The van der Waals surface area contributed by atoms with Crippen LogP contribution in [0.3, 0.4) is 0 Å². The molecule has 0 aliphatic heterocycles. The number of rotatable bonds is 5. The van der Waals surface area contributed by atoms with E-state index in [4.69, 9.17) is 4.74 Å². The number of ether oxygens (including phenoxy) is 1. The lowest BCUT2D eigenvalue weighted by Gasteiger charge is -2.16. The molecule has 0 unspecified atom stereocenters. The summed E-state index contributed by atoms with van der Waals surface area (Å²) < 4.78 is 8.32. The quantitative estimate of drug-likeness (QED) is 0.584. The highest BCUT2D eigenvalue weighted by atomic mass is 79.9. The lowest BCUT2D eigenvalue weighted by Crippen LogP contribution is -2.18. The van der Waals surface area contributed by atoms with E-state index in [2.05, 4.69) is 90.4 Å². The standard InChI is InChI=1S/C16H16Br3NO/c1-10(12-4-3-5-13(17)8-12)20-9-11-6-14(18)16(21-2)15(19)7-11/h3-8,10,20H,9H2,1-2H3/t10-/m0/s1. The van der Waals surface area contributed by atoms with Crippen molar-refractivity contribution in [3.05, 3.63) is 60.9 Å². The number of benzene rings is 2. The Morgan fingerprint density at radius 3 is 2.33 bits per heavy atom. The van der Waals surface area contributed by atoms with Crippen LogP contribution in [0.5, 0.6) is 5.75 Å². The molecule has 0 bridgehead atoms. The average Bonchev–Trinajstić information content (AvgIpc) is 2.44. The van der Waals surface area contributed by atoms with Crippen LogP contribution in [0, 0.1) is 0 Å². The molecular formula is C16H16Br3NO. The topological polar surface area (TPSA) is 21.3 Å². The third kappa shape index (κ3) is 4.55. The zero-order valence-corrected chi connectivity index (χ0v) is 16.5. The molecule has 0 aromatic heterocycles. The first-order valence-corrected chi connectivity index (χ1v) is 8.90. The monoisotopic (exact) mass is 475 g/mol. The summed E-state index contributed by atoms with van der Waals surface area (Å²) in [4.78, 5) is 0. The van der Waals surface area contributed by atoms with E-state index in [1.165, 1.54) is 11.1 Å². The van der Waals surface area contributed by atoms with Gasteiger partial charge in [0.2, 0.25) is 0 Å². The summed E-state index contributed by atoms with van der Waals surface area (Å²) >= 11 is 10.6. The highest BCUT2D eigenvalue weighted by molar-refractivity contribution is 9.11. The molecule has 0 fully saturated rings. The van der Waals surface area contributed by atoms with Crippen LogP contribution in [-0.4, -0.2) is 7.11 Å². The molecule has 1 atom stereocenters. The van der Waals surface area contributed by atoms with Crippen LogP contribution in [-0.2, 0) is 6.54 Å². The van der Waals surface area contributed by atoms with E-state index in [-0.39, 0.29) is 6.04 Å². The maximum atomic E-state index is 5.32. The van der Waals surface area contributed by atoms with Gasteiger partial charge in [0.05, 0.1) is 16.1 Å². The van der Waals surface area contributed by atoms with Gasteiger partial charge < -0.3 is 10.1 Å². The van der Waals surface area contributed by atoms with Crippen molar-refractivity contribution >= 4 is 47.8 Å². The SMILES string of the molecule is COc1c(Br)cc(CN[C@@H](C)c2cccc(Br)c2)cc1Br. The fourth-order valence-corrected chi connectivity index (χ4v) is 4.10. The molecule has 0 saturated carbocycles. The Kier molecular flexibility index (Phi) is 6.29. The fourth-order valence-electron chi connectivity index (χ4n) is 2.07. The Hall–Kier alpha value is -0.360. The van der Waals surface area contributed by atoms with Crippen LogP contribution in [0.25, 0.3) is 0 Å².